The topological polar surface area (TPSA) is 73.2 Å². The maximum Gasteiger partial charge on any atom is 0.416 e. The molecule has 41 heavy (non-hydrogen) atoms. The number of hydrogen-bond acceptors (Lipinski definition) is 4. The molecule has 0 aliphatic carbocycles. The van der Waals surface area contributed by atoms with Gasteiger partial charge in [-0.1, -0.05) is 90.5 Å². The maximum atomic E-state index is 13.6. The van der Waals surface area contributed by atoms with Crippen LogP contribution in [0.2, 0.25) is 5.02 Å². The van der Waals surface area contributed by atoms with Gasteiger partial charge in [-0.05, 0) is 36.4 Å². The van der Waals surface area contributed by atoms with E-state index in [1.807, 2.05) is 36.4 Å². The standard InChI is InChI=1S/C31H21ClF3N3O3/c32-24-17-16-22(31(33,34)35)18-26(24)36-29(39)28(21-12-6-2-7-13-21)41-30(40)27-19-25(20-10-4-1-5-11-20)37-38(27)23-14-8-3-9-15-23/h1-19,28H,(H,36,39)/t28-/m0/s1. The Hall–Kier alpha value is -4.89. The first kappa shape index (κ1) is 27.7. The van der Waals surface area contributed by atoms with Crippen LogP contribution in [0.25, 0.3) is 16.9 Å². The summed E-state index contributed by atoms with van der Waals surface area (Å²) in [6, 6.07) is 30.3. The molecule has 1 atom stereocenters. The normalized spacial score (nSPS) is 12.0. The number of halogens is 4. The van der Waals surface area contributed by atoms with Gasteiger partial charge in [-0.25, -0.2) is 9.48 Å². The predicted molar refractivity (Wildman–Crippen MR) is 149 cm³/mol. The van der Waals surface area contributed by atoms with Gasteiger partial charge in [-0.15, -0.1) is 0 Å². The quantitative estimate of drug-likeness (QED) is 0.201. The molecule has 1 heterocycles. The fraction of sp³-hybridized carbons (Fsp3) is 0.0645. The molecule has 0 aliphatic heterocycles. The van der Waals surface area contributed by atoms with Crippen LogP contribution in [0.5, 0.6) is 0 Å². The van der Waals surface area contributed by atoms with Gasteiger partial charge < -0.3 is 10.1 Å². The molecule has 206 valence electrons. The van der Waals surface area contributed by atoms with E-state index in [2.05, 4.69) is 10.4 Å². The van der Waals surface area contributed by atoms with Crippen molar-refractivity contribution in [3.63, 3.8) is 0 Å². The third-order valence-corrected chi connectivity index (χ3v) is 6.44. The van der Waals surface area contributed by atoms with Crippen LogP contribution in [0.3, 0.4) is 0 Å². The molecule has 0 spiro atoms. The summed E-state index contributed by atoms with van der Waals surface area (Å²) in [7, 11) is 0. The second-order valence-corrected chi connectivity index (χ2v) is 9.31. The van der Waals surface area contributed by atoms with Crippen LogP contribution < -0.4 is 5.32 Å². The average Bonchev–Trinajstić information content (AvgIpc) is 3.43. The number of nitrogens with zero attached hydrogens (tertiary/aromatic N) is 2. The number of aromatic nitrogens is 2. The molecule has 0 radical (unpaired) electrons. The second kappa shape index (κ2) is 11.7. The van der Waals surface area contributed by atoms with Gasteiger partial charge in [0.2, 0.25) is 6.10 Å². The molecule has 5 rings (SSSR count). The number of ether oxygens (including phenoxy) is 1. The van der Waals surface area contributed by atoms with Crippen LogP contribution in [-0.2, 0) is 15.7 Å². The van der Waals surface area contributed by atoms with Crippen LogP contribution >= 0.6 is 11.6 Å². The van der Waals surface area contributed by atoms with Gasteiger partial charge >= 0.3 is 12.1 Å². The lowest BCUT2D eigenvalue weighted by molar-refractivity contribution is -0.137. The van der Waals surface area contributed by atoms with Gasteiger partial charge in [0.25, 0.3) is 5.91 Å². The Bertz CT molecular complexity index is 1680. The van der Waals surface area contributed by atoms with E-state index in [1.165, 1.54) is 4.68 Å². The van der Waals surface area contributed by atoms with Crippen LogP contribution in [0.15, 0.2) is 115 Å². The van der Waals surface area contributed by atoms with Gasteiger partial charge in [0.1, 0.15) is 0 Å². The number of nitrogens with one attached hydrogen (secondary N) is 1. The minimum Gasteiger partial charge on any atom is -0.443 e. The first-order valence-corrected chi connectivity index (χ1v) is 12.7. The summed E-state index contributed by atoms with van der Waals surface area (Å²) < 4.78 is 47.0. The van der Waals surface area contributed by atoms with E-state index in [0.29, 0.717) is 16.9 Å². The molecule has 10 heteroatoms. The third kappa shape index (κ3) is 6.31. The van der Waals surface area contributed by atoms with Crippen molar-refractivity contribution in [3.05, 3.63) is 137 Å². The Morgan fingerprint density at radius 2 is 1.44 bits per heavy atom. The molecular formula is C31H21ClF3N3O3. The molecule has 1 aromatic heterocycles. The summed E-state index contributed by atoms with van der Waals surface area (Å²) in [5.41, 5.74) is 0.912. The smallest absolute Gasteiger partial charge is 0.416 e. The highest BCUT2D eigenvalue weighted by Gasteiger charge is 2.32. The Balaban J connectivity index is 1.50. The van der Waals surface area contributed by atoms with Crippen LogP contribution in [-0.4, -0.2) is 21.7 Å². The molecule has 0 fully saturated rings. The van der Waals surface area contributed by atoms with Gasteiger partial charge in [0.05, 0.1) is 27.7 Å². The van der Waals surface area contributed by atoms with E-state index in [9.17, 15) is 22.8 Å². The lowest BCUT2D eigenvalue weighted by Crippen LogP contribution is -2.27. The lowest BCUT2D eigenvalue weighted by atomic mass is 10.1. The highest BCUT2D eigenvalue weighted by Crippen LogP contribution is 2.34. The molecule has 0 bridgehead atoms. The Morgan fingerprint density at radius 1 is 0.829 bits per heavy atom. The summed E-state index contributed by atoms with van der Waals surface area (Å²) in [6.07, 6.45) is -6.17. The zero-order chi connectivity index (χ0) is 29.0. The van der Waals surface area contributed by atoms with Crippen LogP contribution in [0.1, 0.15) is 27.7 Å². The molecule has 0 unspecified atom stereocenters. The number of anilines is 1. The van der Waals surface area contributed by atoms with Crippen molar-refractivity contribution in [3.8, 4) is 16.9 Å². The van der Waals surface area contributed by atoms with E-state index in [4.69, 9.17) is 16.3 Å². The van der Waals surface area contributed by atoms with E-state index in [0.717, 1.165) is 23.8 Å². The second-order valence-electron chi connectivity index (χ2n) is 8.91. The average molecular weight is 576 g/mol. The van der Waals surface area contributed by atoms with E-state index >= 15 is 0 Å². The molecule has 6 nitrogen and oxygen atoms in total. The number of carbonyl (C=O) groups is 2. The zero-order valence-electron chi connectivity index (χ0n) is 21.2. The first-order valence-electron chi connectivity index (χ1n) is 12.3. The van der Waals surface area contributed by atoms with E-state index in [-0.39, 0.29) is 16.4 Å². The summed E-state index contributed by atoms with van der Waals surface area (Å²) in [5.74, 6) is -1.76. The van der Waals surface area contributed by atoms with Gasteiger partial charge in [-0.3, -0.25) is 4.79 Å². The molecule has 4 aromatic carbocycles. The first-order chi connectivity index (χ1) is 19.7. The van der Waals surface area contributed by atoms with Crippen molar-refractivity contribution in [1.82, 2.24) is 9.78 Å². The molecule has 1 N–H and O–H groups in total. The number of esters is 1. The van der Waals surface area contributed by atoms with Crippen molar-refractivity contribution < 1.29 is 27.5 Å². The number of rotatable bonds is 7. The molecule has 1 amide bonds. The third-order valence-electron chi connectivity index (χ3n) is 6.11. The molecule has 0 saturated carbocycles. The fourth-order valence-corrected chi connectivity index (χ4v) is 4.27. The summed E-state index contributed by atoms with van der Waals surface area (Å²) in [5, 5.41) is 6.87. The Morgan fingerprint density at radius 3 is 2.07 bits per heavy atom. The van der Waals surface area contributed by atoms with Crippen molar-refractivity contribution in [2.75, 3.05) is 5.32 Å². The van der Waals surface area contributed by atoms with Gasteiger partial charge in [0.15, 0.2) is 5.69 Å². The summed E-state index contributed by atoms with van der Waals surface area (Å²) in [6.45, 7) is 0. The van der Waals surface area contributed by atoms with Gasteiger partial charge in [-0.2, -0.15) is 18.3 Å². The monoisotopic (exact) mass is 575 g/mol. The van der Waals surface area contributed by atoms with Crippen molar-refractivity contribution in [1.29, 1.82) is 0 Å². The maximum absolute atomic E-state index is 13.6. The van der Waals surface area contributed by atoms with E-state index in [1.54, 1.807) is 60.7 Å². The molecule has 0 saturated heterocycles. The fourth-order valence-electron chi connectivity index (χ4n) is 4.11. The molecule has 5 aromatic rings. The van der Waals surface area contributed by atoms with Crippen LogP contribution in [0, 0.1) is 0 Å². The molecule has 0 aliphatic rings. The summed E-state index contributed by atoms with van der Waals surface area (Å²) >= 11 is 6.09. The minimum atomic E-state index is -4.65. The highest BCUT2D eigenvalue weighted by molar-refractivity contribution is 6.33. The van der Waals surface area contributed by atoms with E-state index < -0.39 is 29.7 Å². The van der Waals surface area contributed by atoms with Crippen molar-refractivity contribution in [2.24, 2.45) is 0 Å². The zero-order valence-corrected chi connectivity index (χ0v) is 21.9. The Kier molecular flexibility index (Phi) is 7.89. The highest BCUT2D eigenvalue weighted by atomic mass is 35.5. The number of amides is 1. The number of para-hydroxylation sites is 1. The largest absolute Gasteiger partial charge is 0.443 e. The number of carbonyl (C=O) groups excluding carboxylic acids is 2. The minimum absolute atomic E-state index is 0.0425. The van der Waals surface area contributed by atoms with Crippen LogP contribution in [0.4, 0.5) is 18.9 Å². The lowest BCUT2D eigenvalue weighted by Gasteiger charge is -2.19. The summed E-state index contributed by atoms with van der Waals surface area (Å²) in [4.78, 5) is 27.1. The Labute approximate surface area is 238 Å². The number of hydrogen-bond donors (Lipinski definition) is 1. The van der Waals surface area contributed by atoms with Gasteiger partial charge in [0, 0.05) is 11.1 Å². The van der Waals surface area contributed by atoms with Crippen molar-refractivity contribution >= 4 is 29.2 Å². The number of benzene rings is 4. The SMILES string of the molecule is O=C(O[C@H](C(=O)Nc1cc(C(F)(F)F)ccc1Cl)c1ccccc1)c1cc(-c2ccccc2)nn1-c1ccccc1. The number of alkyl halides is 3. The molecular weight excluding hydrogens is 555 g/mol. The predicted octanol–water partition coefficient (Wildman–Crippen LogP) is 7.75. The van der Waals surface area contributed by atoms with Crippen molar-refractivity contribution in [2.45, 2.75) is 12.3 Å².